The van der Waals surface area contributed by atoms with Crippen LogP contribution in [0.2, 0.25) is 0 Å². The van der Waals surface area contributed by atoms with Crippen molar-refractivity contribution in [1.29, 1.82) is 0 Å². The molecular weight excluding hydrogens is 314 g/mol. The lowest BCUT2D eigenvalue weighted by Crippen LogP contribution is -2.47. The monoisotopic (exact) mass is 337 g/mol. The number of primary sulfonamides is 1. The van der Waals surface area contributed by atoms with Gasteiger partial charge in [-0.05, 0) is 37.0 Å². The van der Waals surface area contributed by atoms with Crippen LogP contribution in [-0.2, 0) is 14.8 Å². The SMILES string of the molecule is CC1=CC(C)C2(CO)COC(c3ccc(S(N)(=O)=O)cc3)C1C2. The van der Waals surface area contributed by atoms with Crippen LogP contribution in [0.3, 0.4) is 0 Å². The zero-order chi connectivity index (χ0) is 16.8. The number of allylic oxidation sites excluding steroid dienone is 1. The summed E-state index contributed by atoms with van der Waals surface area (Å²) < 4.78 is 28.9. The molecule has 0 amide bonds. The molecule has 6 heteroatoms. The highest BCUT2D eigenvalue weighted by Gasteiger charge is 2.48. The van der Waals surface area contributed by atoms with Gasteiger partial charge >= 0.3 is 0 Å². The third-order valence-electron chi connectivity index (χ3n) is 5.46. The van der Waals surface area contributed by atoms with Crippen molar-refractivity contribution in [1.82, 2.24) is 0 Å². The lowest BCUT2D eigenvalue weighted by molar-refractivity contribution is -0.130. The molecule has 0 radical (unpaired) electrons. The summed E-state index contributed by atoms with van der Waals surface area (Å²) in [6.45, 7) is 4.85. The Morgan fingerprint density at radius 3 is 2.57 bits per heavy atom. The van der Waals surface area contributed by atoms with E-state index in [1.165, 1.54) is 17.7 Å². The van der Waals surface area contributed by atoms with Crippen LogP contribution in [0.25, 0.3) is 0 Å². The summed E-state index contributed by atoms with van der Waals surface area (Å²) >= 11 is 0. The zero-order valence-corrected chi connectivity index (χ0v) is 14.2. The van der Waals surface area contributed by atoms with E-state index in [-0.39, 0.29) is 34.9 Å². The summed E-state index contributed by atoms with van der Waals surface area (Å²) in [5.41, 5.74) is 2.00. The number of aliphatic hydroxyl groups excluding tert-OH is 1. The van der Waals surface area contributed by atoms with E-state index in [1.54, 1.807) is 12.1 Å². The van der Waals surface area contributed by atoms with Gasteiger partial charge in [-0.15, -0.1) is 0 Å². The number of hydrogen-bond acceptors (Lipinski definition) is 4. The van der Waals surface area contributed by atoms with E-state index in [2.05, 4.69) is 19.9 Å². The first-order valence-corrected chi connectivity index (χ1v) is 9.35. The predicted octanol–water partition coefficient (Wildman–Crippen LogP) is 1.99. The molecular formula is C17H23NO4S. The molecule has 1 aromatic carbocycles. The molecule has 1 aromatic rings. The summed E-state index contributed by atoms with van der Waals surface area (Å²) in [5.74, 6) is 0.488. The van der Waals surface area contributed by atoms with Gasteiger partial charge < -0.3 is 9.84 Å². The lowest BCUT2D eigenvalue weighted by Gasteiger charge is -2.50. The molecule has 3 rings (SSSR count). The average Bonchev–Trinajstić information content (AvgIpc) is 2.52. The first-order valence-electron chi connectivity index (χ1n) is 7.80. The Kier molecular flexibility index (Phi) is 4.13. The Morgan fingerprint density at radius 1 is 1.35 bits per heavy atom. The van der Waals surface area contributed by atoms with E-state index >= 15 is 0 Å². The van der Waals surface area contributed by atoms with Crippen molar-refractivity contribution in [2.75, 3.05) is 13.2 Å². The van der Waals surface area contributed by atoms with Crippen LogP contribution in [-0.4, -0.2) is 26.7 Å². The maximum atomic E-state index is 11.4. The second kappa shape index (κ2) is 5.70. The third-order valence-corrected chi connectivity index (χ3v) is 6.39. The van der Waals surface area contributed by atoms with Crippen molar-refractivity contribution in [2.24, 2.45) is 22.4 Å². The number of ether oxygens (including phenoxy) is 1. The van der Waals surface area contributed by atoms with Crippen molar-refractivity contribution in [2.45, 2.75) is 31.3 Å². The molecule has 4 atom stereocenters. The van der Waals surface area contributed by atoms with Crippen molar-refractivity contribution in [3.63, 3.8) is 0 Å². The summed E-state index contributed by atoms with van der Waals surface area (Å²) in [5, 5.41) is 15.0. The average molecular weight is 337 g/mol. The molecule has 1 aliphatic carbocycles. The van der Waals surface area contributed by atoms with Crippen molar-refractivity contribution in [3.8, 4) is 0 Å². The largest absolute Gasteiger partial charge is 0.396 e. The first kappa shape index (κ1) is 16.6. The first-order chi connectivity index (χ1) is 10.8. The molecule has 4 unspecified atom stereocenters. The fourth-order valence-corrected chi connectivity index (χ4v) is 4.33. The van der Waals surface area contributed by atoms with Gasteiger partial charge in [0, 0.05) is 11.3 Å². The normalized spacial score (nSPS) is 34.1. The van der Waals surface area contributed by atoms with Crippen LogP contribution in [0.15, 0.2) is 40.8 Å². The summed E-state index contributed by atoms with van der Waals surface area (Å²) in [4.78, 5) is 0.103. The van der Waals surface area contributed by atoms with Crippen LogP contribution < -0.4 is 5.14 Å². The minimum atomic E-state index is -3.68. The molecule has 3 N–H and O–H groups in total. The Balaban J connectivity index is 1.92. The van der Waals surface area contributed by atoms with E-state index in [9.17, 15) is 13.5 Å². The van der Waals surface area contributed by atoms with Crippen molar-refractivity contribution >= 4 is 10.0 Å². The van der Waals surface area contributed by atoms with Gasteiger partial charge in [0.2, 0.25) is 10.0 Å². The van der Waals surface area contributed by atoms with Crippen molar-refractivity contribution in [3.05, 3.63) is 41.5 Å². The smallest absolute Gasteiger partial charge is 0.238 e. The summed E-state index contributed by atoms with van der Waals surface area (Å²) in [6.07, 6.45) is 3.00. The molecule has 1 heterocycles. The van der Waals surface area contributed by atoms with E-state index < -0.39 is 10.0 Å². The van der Waals surface area contributed by atoms with Gasteiger partial charge in [-0.2, -0.15) is 0 Å². The molecule has 5 nitrogen and oxygen atoms in total. The van der Waals surface area contributed by atoms with E-state index in [1.807, 2.05) is 0 Å². The Morgan fingerprint density at radius 2 is 2.00 bits per heavy atom. The minimum Gasteiger partial charge on any atom is -0.396 e. The molecule has 2 aliphatic rings. The van der Waals surface area contributed by atoms with Crippen LogP contribution in [0.1, 0.15) is 31.9 Å². The maximum absolute atomic E-state index is 11.4. The minimum absolute atomic E-state index is 0.103. The number of aliphatic hydroxyl groups is 1. The molecule has 1 aliphatic heterocycles. The van der Waals surface area contributed by atoms with E-state index in [4.69, 9.17) is 9.88 Å². The third kappa shape index (κ3) is 2.85. The molecule has 0 spiro atoms. The second-order valence-electron chi connectivity index (χ2n) is 6.88. The number of hydrogen-bond donors (Lipinski definition) is 2. The number of fused-ring (bicyclic) bond motifs is 2. The molecule has 1 saturated heterocycles. The Labute approximate surface area is 137 Å². The van der Waals surface area contributed by atoms with Crippen LogP contribution in [0.4, 0.5) is 0 Å². The van der Waals surface area contributed by atoms with Gasteiger partial charge in [-0.25, -0.2) is 13.6 Å². The maximum Gasteiger partial charge on any atom is 0.238 e. The van der Waals surface area contributed by atoms with Crippen molar-refractivity contribution < 1.29 is 18.3 Å². The van der Waals surface area contributed by atoms with Gasteiger partial charge in [0.25, 0.3) is 0 Å². The van der Waals surface area contributed by atoms with Crippen LogP contribution in [0, 0.1) is 17.3 Å². The highest BCUT2D eigenvalue weighted by Crippen LogP contribution is 2.52. The van der Waals surface area contributed by atoms with Crippen LogP contribution >= 0.6 is 0 Å². The fourth-order valence-electron chi connectivity index (χ4n) is 3.82. The van der Waals surface area contributed by atoms with E-state index in [0.717, 1.165) is 12.0 Å². The summed E-state index contributed by atoms with van der Waals surface area (Å²) in [7, 11) is -3.68. The standard InChI is InChI=1S/C17H23NO4S/c1-11-7-12(2)17(9-19)8-15(11)16(22-10-17)13-3-5-14(6-4-13)23(18,20)21/h3-7,12,15-16,19H,8-10H2,1-2H3,(H2,18,20,21). The molecule has 0 aromatic heterocycles. The van der Waals surface area contributed by atoms with Gasteiger partial charge in [-0.3, -0.25) is 0 Å². The van der Waals surface area contributed by atoms with Gasteiger partial charge in [0.1, 0.15) is 0 Å². The molecule has 0 saturated carbocycles. The Bertz CT molecular complexity index is 725. The molecule has 23 heavy (non-hydrogen) atoms. The quantitative estimate of drug-likeness (QED) is 0.825. The number of benzene rings is 1. The molecule has 126 valence electrons. The fraction of sp³-hybridized carbons (Fsp3) is 0.529. The van der Waals surface area contributed by atoms with Crippen LogP contribution in [0.5, 0.6) is 0 Å². The topological polar surface area (TPSA) is 89.6 Å². The molecule has 1 fully saturated rings. The zero-order valence-electron chi connectivity index (χ0n) is 13.4. The number of nitrogens with two attached hydrogens (primary N) is 1. The predicted molar refractivity (Wildman–Crippen MR) is 87.1 cm³/mol. The second-order valence-corrected chi connectivity index (χ2v) is 8.44. The molecule has 2 bridgehead atoms. The number of sulfonamides is 1. The highest BCUT2D eigenvalue weighted by atomic mass is 32.2. The van der Waals surface area contributed by atoms with Gasteiger partial charge in [0.15, 0.2) is 0 Å². The highest BCUT2D eigenvalue weighted by molar-refractivity contribution is 7.89. The number of rotatable bonds is 3. The van der Waals surface area contributed by atoms with E-state index in [0.29, 0.717) is 6.61 Å². The van der Waals surface area contributed by atoms with Gasteiger partial charge in [-0.1, -0.05) is 30.7 Å². The lowest BCUT2D eigenvalue weighted by atomic mass is 9.62. The summed E-state index contributed by atoms with van der Waals surface area (Å²) in [6, 6.07) is 6.57. The Hall–Kier alpha value is -1.21. The van der Waals surface area contributed by atoms with Gasteiger partial charge in [0.05, 0.1) is 24.2 Å².